The van der Waals surface area contributed by atoms with Gasteiger partial charge >= 0.3 is 0 Å². The Hall–Kier alpha value is -2.34. The summed E-state index contributed by atoms with van der Waals surface area (Å²) in [6.45, 7) is 2.65. The summed E-state index contributed by atoms with van der Waals surface area (Å²) in [5.41, 5.74) is -1.36. The standard InChI is InChI=1S/C18H18F3NO2/c1-11(16-14(20)4-3-5-15(16)21)17(23)22-10-18(2,24)12-6-8-13(19)9-7-12/h3-9,11,24H,10H2,1-2H3,(H,22,23). The Morgan fingerprint density at radius 3 is 2.21 bits per heavy atom. The second kappa shape index (κ2) is 7.05. The first-order chi connectivity index (χ1) is 11.2. The van der Waals surface area contributed by atoms with Crippen LogP contribution in [-0.4, -0.2) is 17.6 Å². The molecular formula is C18H18F3NO2. The highest BCUT2D eigenvalue weighted by atomic mass is 19.1. The summed E-state index contributed by atoms with van der Waals surface area (Å²) in [5, 5.41) is 12.9. The third-order valence-corrected chi connectivity index (χ3v) is 3.90. The van der Waals surface area contributed by atoms with E-state index in [4.69, 9.17) is 0 Å². The molecule has 0 aromatic heterocycles. The molecule has 2 aromatic rings. The van der Waals surface area contributed by atoms with Crippen molar-refractivity contribution in [2.45, 2.75) is 25.4 Å². The molecule has 0 aliphatic heterocycles. The quantitative estimate of drug-likeness (QED) is 0.880. The van der Waals surface area contributed by atoms with Crippen LogP contribution in [0.1, 0.15) is 30.9 Å². The first-order valence-electron chi connectivity index (χ1n) is 7.42. The average Bonchev–Trinajstić information content (AvgIpc) is 2.52. The molecule has 0 heterocycles. The van der Waals surface area contributed by atoms with Gasteiger partial charge in [0.25, 0.3) is 0 Å². The molecule has 2 N–H and O–H groups in total. The number of rotatable bonds is 5. The van der Waals surface area contributed by atoms with Gasteiger partial charge in [-0.15, -0.1) is 0 Å². The molecule has 0 radical (unpaired) electrons. The molecule has 1 amide bonds. The zero-order chi connectivity index (χ0) is 17.9. The maximum absolute atomic E-state index is 13.7. The van der Waals surface area contributed by atoms with Crippen molar-refractivity contribution in [2.75, 3.05) is 6.54 Å². The topological polar surface area (TPSA) is 49.3 Å². The minimum atomic E-state index is -1.45. The Morgan fingerprint density at radius 1 is 1.12 bits per heavy atom. The number of carbonyl (C=O) groups is 1. The van der Waals surface area contributed by atoms with Crippen molar-refractivity contribution in [3.63, 3.8) is 0 Å². The number of carbonyl (C=O) groups excluding carboxylic acids is 1. The molecule has 3 nitrogen and oxygen atoms in total. The minimum absolute atomic E-state index is 0.183. The lowest BCUT2D eigenvalue weighted by Gasteiger charge is -2.25. The van der Waals surface area contributed by atoms with Crippen molar-refractivity contribution >= 4 is 5.91 Å². The maximum Gasteiger partial charge on any atom is 0.227 e. The summed E-state index contributed by atoms with van der Waals surface area (Å²) < 4.78 is 40.4. The highest BCUT2D eigenvalue weighted by molar-refractivity contribution is 5.83. The maximum atomic E-state index is 13.7. The second-order valence-corrected chi connectivity index (χ2v) is 5.86. The molecule has 128 valence electrons. The van der Waals surface area contributed by atoms with Crippen LogP contribution in [0.3, 0.4) is 0 Å². The number of hydrogen-bond acceptors (Lipinski definition) is 2. The molecule has 2 atom stereocenters. The average molecular weight is 337 g/mol. The van der Waals surface area contributed by atoms with Crippen molar-refractivity contribution in [2.24, 2.45) is 0 Å². The number of amides is 1. The van der Waals surface area contributed by atoms with Gasteiger partial charge in [0.15, 0.2) is 0 Å². The van der Waals surface area contributed by atoms with E-state index in [2.05, 4.69) is 5.32 Å². The first kappa shape index (κ1) is 18.0. The molecule has 2 aromatic carbocycles. The van der Waals surface area contributed by atoms with Gasteiger partial charge in [0.2, 0.25) is 5.91 Å². The number of aliphatic hydroxyl groups is 1. The predicted octanol–water partition coefficient (Wildman–Crippen LogP) is 3.23. The van der Waals surface area contributed by atoms with Gasteiger partial charge in [0, 0.05) is 5.56 Å². The van der Waals surface area contributed by atoms with E-state index in [0.717, 1.165) is 12.1 Å². The molecule has 2 unspecified atom stereocenters. The third-order valence-electron chi connectivity index (χ3n) is 3.90. The number of hydrogen-bond donors (Lipinski definition) is 2. The fourth-order valence-corrected chi connectivity index (χ4v) is 2.38. The largest absolute Gasteiger partial charge is 0.384 e. The highest BCUT2D eigenvalue weighted by Gasteiger charge is 2.27. The Morgan fingerprint density at radius 2 is 1.67 bits per heavy atom. The van der Waals surface area contributed by atoms with Crippen LogP contribution in [0.15, 0.2) is 42.5 Å². The molecule has 24 heavy (non-hydrogen) atoms. The van der Waals surface area contributed by atoms with E-state index in [-0.39, 0.29) is 12.1 Å². The van der Waals surface area contributed by atoms with Crippen LogP contribution in [0.25, 0.3) is 0 Å². The van der Waals surface area contributed by atoms with Gasteiger partial charge in [-0.3, -0.25) is 4.79 Å². The van der Waals surface area contributed by atoms with E-state index in [1.165, 1.54) is 44.2 Å². The normalized spacial score (nSPS) is 14.8. The lowest BCUT2D eigenvalue weighted by atomic mass is 9.94. The molecule has 0 aliphatic carbocycles. The van der Waals surface area contributed by atoms with Crippen LogP contribution < -0.4 is 5.32 Å². The summed E-state index contributed by atoms with van der Waals surface area (Å²) in [4.78, 5) is 12.2. The summed E-state index contributed by atoms with van der Waals surface area (Å²) in [7, 11) is 0. The molecule has 0 fully saturated rings. The molecule has 6 heteroatoms. The molecule has 0 spiro atoms. The molecule has 0 bridgehead atoms. The van der Waals surface area contributed by atoms with Gasteiger partial charge in [-0.05, 0) is 43.7 Å². The van der Waals surface area contributed by atoms with Gasteiger partial charge in [-0.2, -0.15) is 0 Å². The summed E-state index contributed by atoms with van der Waals surface area (Å²) in [6, 6.07) is 8.58. The first-order valence-corrected chi connectivity index (χ1v) is 7.42. The highest BCUT2D eigenvalue weighted by Crippen LogP contribution is 2.24. The van der Waals surface area contributed by atoms with Gasteiger partial charge in [-0.1, -0.05) is 18.2 Å². The molecule has 2 rings (SSSR count). The number of benzene rings is 2. The van der Waals surface area contributed by atoms with Gasteiger partial charge in [0.1, 0.15) is 23.1 Å². The van der Waals surface area contributed by atoms with Crippen molar-refractivity contribution in [1.82, 2.24) is 5.32 Å². The summed E-state index contributed by atoms with van der Waals surface area (Å²) in [5.74, 6) is -3.73. The van der Waals surface area contributed by atoms with Gasteiger partial charge in [0.05, 0.1) is 12.5 Å². The van der Waals surface area contributed by atoms with Crippen molar-refractivity contribution in [3.05, 3.63) is 71.0 Å². The Kier molecular flexibility index (Phi) is 5.29. The molecular weight excluding hydrogens is 319 g/mol. The van der Waals surface area contributed by atoms with Crippen LogP contribution in [0.4, 0.5) is 13.2 Å². The summed E-state index contributed by atoms with van der Waals surface area (Å²) >= 11 is 0. The predicted molar refractivity (Wildman–Crippen MR) is 83.8 cm³/mol. The van der Waals surface area contributed by atoms with Crippen LogP contribution in [-0.2, 0) is 10.4 Å². The third kappa shape index (κ3) is 3.94. The monoisotopic (exact) mass is 337 g/mol. The molecule has 0 aliphatic rings. The SMILES string of the molecule is CC(C(=O)NCC(C)(O)c1ccc(F)cc1)c1c(F)cccc1F. The number of halogens is 3. The van der Waals surface area contributed by atoms with Crippen LogP contribution in [0, 0.1) is 17.5 Å². The zero-order valence-corrected chi connectivity index (χ0v) is 13.3. The van der Waals surface area contributed by atoms with Crippen LogP contribution in [0.5, 0.6) is 0 Å². The Labute approximate surface area is 138 Å². The van der Waals surface area contributed by atoms with E-state index in [1.807, 2.05) is 0 Å². The van der Waals surface area contributed by atoms with E-state index >= 15 is 0 Å². The number of nitrogens with one attached hydrogen (secondary N) is 1. The zero-order valence-electron chi connectivity index (χ0n) is 13.3. The second-order valence-electron chi connectivity index (χ2n) is 5.86. The van der Waals surface area contributed by atoms with Crippen molar-refractivity contribution < 1.29 is 23.1 Å². The smallest absolute Gasteiger partial charge is 0.227 e. The molecule has 0 saturated heterocycles. The van der Waals surface area contributed by atoms with Crippen molar-refractivity contribution in [1.29, 1.82) is 0 Å². The van der Waals surface area contributed by atoms with E-state index in [9.17, 15) is 23.1 Å². The Balaban J connectivity index is 2.08. The van der Waals surface area contributed by atoms with E-state index in [1.54, 1.807) is 0 Å². The van der Waals surface area contributed by atoms with E-state index < -0.39 is 34.9 Å². The van der Waals surface area contributed by atoms with Crippen LogP contribution >= 0.6 is 0 Å². The lowest BCUT2D eigenvalue weighted by molar-refractivity contribution is -0.123. The minimum Gasteiger partial charge on any atom is -0.384 e. The van der Waals surface area contributed by atoms with Gasteiger partial charge in [-0.25, -0.2) is 13.2 Å². The fourth-order valence-electron chi connectivity index (χ4n) is 2.38. The summed E-state index contributed by atoms with van der Waals surface area (Å²) in [6.07, 6.45) is 0. The lowest BCUT2D eigenvalue weighted by Crippen LogP contribution is -2.40. The van der Waals surface area contributed by atoms with E-state index in [0.29, 0.717) is 5.56 Å². The molecule has 0 saturated carbocycles. The van der Waals surface area contributed by atoms with Gasteiger partial charge < -0.3 is 10.4 Å². The van der Waals surface area contributed by atoms with Crippen molar-refractivity contribution in [3.8, 4) is 0 Å². The van der Waals surface area contributed by atoms with Crippen LogP contribution in [0.2, 0.25) is 0 Å². The fraction of sp³-hybridized carbons (Fsp3) is 0.278. The Bertz CT molecular complexity index is 709.